The molecule has 236 valence electrons. The van der Waals surface area contributed by atoms with Crippen molar-refractivity contribution in [2.24, 2.45) is 67.7 Å². The highest BCUT2D eigenvalue weighted by atomic mass is 16.6. The number of hydrogen-bond acceptors (Lipinski definition) is 5. The van der Waals surface area contributed by atoms with Crippen molar-refractivity contribution in [3.8, 4) is 5.75 Å². The Labute approximate surface area is 257 Å². The molecule has 0 amide bonds. The molecular weight excluding hydrogens is 540 g/mol. The van der Waals surface area contributed by atoms with Gasteiger partial charge in [0, 0.05) is 17.5 Å². The molecule has 9 atom stereocenters. The molecule has 7 nitrogen and oxygen atoms in total. The summed E-state index contributed by atoms with van der Waals surface area (Å²) in [6.45, 7) is 17.1. The van der Waals surface area contributed by atoms with E-state index in [-0.39, 0.29) is 27.3 Å². The van der Waals surface area contributed by atoms with E-state index in [4.69, 9.17) is 4.84 Å². The smallest absolute Gasteiger partial charge is 0.309 e. The zero-order valence-corrected chi connectivity index (χ0v) is 27.3. The van der Waals surface area contributed by atoms with Crippen molar-refractivity contribution in [1.29, 1.82) is 0 Å². The predicted molar refractivity (Wildman–Crippen MR) is 168 cm³/mol. The zero-order valence-electron chi connectivity index (χ0n) is 27.3. The number of aliphatic carboxylic acids is 1. The summed E-state index contributed by atoms with van der Waals surface area (Å²) in [7, 11) is 0. The largest absolute Gasteiger partial charge is 0.481 e. The van der Waals surface area contributed by atoms with Gasteiger partial charge in [0.15, 0.2) is 5.75 Å². The van der Waals surface area contributed by atoms with Gasteiger partial charge in [-0.05, 0) is 128 Å². The van der Waals surface area contributed by atoms with Crippen LogP contribution in [0.5, 0.6) is 5.75 Å². The van der Waals surface area contributed by atoms with Gasteiger partial charge < -0.3 is 9.94 Å². The number of nitro groups is 1. The van der Waals surface area contributed by atoms with Crippen LogP contribution in [0, 0.1) is 72.7 Å². The minimum Gasteiger partial charge on any atom is -0.481 e. The molecule has 5 aliphatic carbocycles. The Kier molecular flexibility index (Phi) is 7.14. The first-order valence-corrected chi connectivity index (χ1v) is 16.8. The number of carbonyl (C=O) groups is 1. The van der Waals surface area contributed by atoms with E-state index in [1.54, 1.807) is 12.1 Å². The van der Waals surface area contributed by atoms with Gasteiger partial charge in [-0.2, -0.15) is 0 Å². The monoisotopic (exact) mass is 592 g/mol. The lowest BCUT2D eigenvalue weighted by Crippen LogP contribution is -2.66. The lowest BCUT2D eigenvalue weighted by molar-refractivity contribution is -0.384. The highest BCUT2D eigenvalue weighted by Crippen LogP contribution is 2.77. The quantitative estimate of drug-likeness (QED) is 0.271. The maximum Gasteiger partial charge on any atom is 0.309 e. The van der Waals surface area contributed by atoms with Crippen LogP contribution in [-0.4, -0.2) is 21.7 Å². The molecule has 43 heavy (non-hydrogen) atoms. The number of non-ortho nitro benzene ring substituents is 1. The normalized spacial score (nSPS) is 44.2. The standard InChI is InChI=1S/C36H52N2O5/c1-22(2)25-14-19-36(31(39)40)21-20-34(6)26(30(25)36)12-13-28-33(5)17-16-29(32(3,4)27(33)15-18-35(28,34)7)37-43-24-10-8-23(9-11-24)38(41)42/h8-11,22,25-28,30H,12-21H2,1-7H3,(H,39,40)/t25-,26?,27?,28?,30?,33-,34+,35+,36-/m0/s1. The third-order valence-corrected chi connectivity index (χ3v) is 14.9. The minimum atomic E-state index is -0.526. The molecule has 0 saturated heterocycles. The molecule has 5 fully saturated rings. The Balaban J connectivity index is 1.28. The fourth-order valence-electron chi connectivity index (χ4n) is 12.5. The number of nitro benzene ring substituents is 1. The first kappa shape index (κ1) is 30.6. The first-order chi connectivity index (χ1) is 20.1. The van der Waals surface area contributed by atoms with Gasteiger partial charge in [0.1, 0.15) is 0 Å². The summed E-state index contributed by atoms with van der Waals surface area (Å²) in [5.41, 5.74) is 1.02. The number of fused-ring (bicyclic) bond motifs is 7. The average molecular weight is 593 g/mol. The van der Waals surface area contributed by atoms with E-state index in [2.05, 4.69) is 53.6 Å². The van der Waals surface area contributed by atoms with Crippen LogP contribution in [0.15, 0.2) is 29.4 Å². The second kappa shape index (κ2) is 10.0. The lowest BCUT2D eigenvalue weighted by Gasteiger charge is -2.72. The van der Waals surface area contributed by atoms with E-state index in [9.17, 15) is 20.0 Å². The van der Waals surface area contributed by atoms with Gasteiger partial charge in [0.05, 0.1) is 16.0 Å². The number of nitrogens with zero attached hydrogens (tertiary/aromatic N) is 2. The molecule has 0 bridgehead atoms. The molecule has 1 N–H and O–H groups in total. The van der Waals surface area contributed by atoms with Crippen molar-refractivity contribution in [3.63, 3.8) is 0 Å². The summed E-state index contributed by atoms with van der Waals surface area (Å²) in [4.78, 5) is 29.4. The molecule has 7 heteroatoms. The van der Waals surface area contributed by atoms with Gasteiger partial charge in [-0.3, -0.25) is 14.9 Å². The number of carboxylic acid groups (broad SMARTS) is 1. The Morgan fingerprint density at radius 2 is 1.63 bits per heavy atom. The zero-order chi connectivity index (χ0) is 31.2. The summed E-state index contributed by atoms with van der Waals surface area (Å²) in [5.74, 6) is 2.90. The van der Waals surface area contributed by atoms with Crippen molar-refractivity contribution in [2.75, 3.05) is 0 Å². The molecular formula is C36H52N2O5. The van der Waals surface area contributed by atoms with Crippen molar-refractivity contribution >= 4 is 17.4 Å². The minimum absolute atomic E-state index is 0.0433. The molecule has 1 aromatic carbocycles. The predicted octanol–water partition coefficient (Wildman–Crippen LogP) is 9.15. The van der Waals surface area contributed by atoms with Crippen LogP contribution >= 0.6 is 0 Å². The van der Waals surface area contributed by atoms with E-state index in [0.717, 1.165) is 57.1 Å². The van der Waals surface area contributed by atoms with Gasteiger partial charge >= 0.3 is 5.97 Å². The molecule has 0 aliphatic heterocycles. The summed E-state index contributed by atoms with van der Waals surface area (Å²) in [5, 5.41) is 26.4. The van der Waals surface area contributed by atoms with Gasteiger partial charge in [0.25, 0.3) is 5.69 Å². The van der Waals surface area contributed by atoms with E-state index in [0.29, 0.717) is 41.3 Å². The third-order valence-electron chi connectivity index (χ3n) is 14.9. The van der Waals surface area contributed by atoms with Crippen LogP contribution in [0.25, 0.3) is 0 Å². The average Bonchev–Trinajstić information content (AvgIpc) is 3.35. The number of hydrogen-bond donors (Lipinski definition) is 1. The fraction of sp³-hybridized carbons (Fsp3) is 0.778. The molecule has 4 unspecified atom stereocenters. The second-order valence-electron chi connectivity index (χ2n) is 16.7. The van der Waals surface area contributed by atoms with Crippen LogP contribution in [-0.2, 0) is 4.79 Å². The van der Waals surface area contributed by atoms with Crippen LogP contribution in [0.3, 0.4) is 0 Å². The third kappa shape index (κ3) is 4.18. The molecule has 0 heterocycles. The number of carboxylic acids is 1. The van der Waals surface area contributed by atoms with E-state index in [1.165, 1.54) is 25.0 Å². The Morgan fingerprint density at radius 1 is 0.930 bits per heavy atom. The number of oxime groups is 1. The Hall–Kier alpha value is -2.44. The summed E-state index contributed by atoms with van der Waals surface area (Å²) >= 11 is 0. The molecule has 0 aromatic heterocycles. The van der Waals surface area contributed by atoms with Crippen molar-refractivity contribution in [3.05, 3.63) is 34.4 Å². The van der Waals surface area contributed by atoms with E-state index >= 15 is 0 Å². The van der Waals surface area contributed by atoms with Crippen molar-refractivity contribution in [2.45, 2.75) is 113 Å². The topological polar surface area (TPSA) is 102 Å². The van der Waals surface area contributed by atoms with Crippen molar-refractivity contribution < 1.29 is 19.7 Å². The number of rotatable bonds is 5. The van der Waals surface area contributed by atoms with E-state index < -0.39 is 16.3 Å². The summed E-state index contributed by atoms with van der Waals surface area (Å²) in [6, 6.07) is 6.14. The van der Waals surface area contributed by atoms with Gasteiger partial charge in [-0.25, -0.2) is 0 Å². The molecule has 6 rings (SSSR count). The van der Waals surface area contributed by atoms with E-state index in [1.807, 2.05) is 0 Å². The molecule has 5 saturated carbocycles. The van der Waals surface area contributed by atoms with Crippen LogP contribution in [0.4, 0.5) is 5.69 Å². The van der Waals surface area contributed by atoms with Crippen molar-refractivity contribution in [1.82, 2.24) is 0 Å². The molecule has 1 aromatic rings. The van der Waals surface area contributed by atoms with Crippen LogP contribution in [0.1, 0.15) is 113 Å². The number of benzene rings is 1. The first-order valence-electron chi connectivity index (χ1n) is 16.8. The second-order valence-corrected chi connectivity index (χ2v) is 16.7. The van der Waals surface area contributed by atoms with Crippen LogP contribution in [0.2, 0.25) is 0 Å². The molecule has 5 aliphatic rings. The lowest BCUT2D eigenvalue weighted by atomic mass is 9.32. The van der Waals surface area contributed by atoms with Crippen LogP contribution < -0.4 is 4.84 Å². The summed E-state index contributed by atoms with van der Waals surface area (Å²) < 4.78 is 0. The Morgan fingerprint density at radius 3 is 2.26 bits per heavy atom. The van der Waals surface area contributed by atoms with Gasteiger partial charge in [-0.1, -0.05) is 53.6 Å². The fourth-order valence-corrected chi connectivity index (χ4v) is 12.5. The van der Waals surface area contributed by atoms with Gasteiger partial charge in [-0.15, -0.1) is 0 Å². The maximum absolute atomic E-state index is 12.9. The highest BCUT2D eigenvalue weighted by molar-refractivity contribution is 5.90. The SMILES string of the molecule is CC(C)[C@@H]1CC[C@]2(C(=O)O)CC[C@]3(C)C(CCC4[C@@]5(C)CCC(=NOc6ccc([N+](=O)[O-])cc6)C(C)(C)C5CC[C@]43C)C12. The summed E-state index contributed by atoms with van der Waals surface area (Å²) in [6.07, 6.45) is 10.5. The molecule has 0 spiro atoms. The Bertz CT molecular complexity index is 1320. The maximum atomic E-state index is 12.9. The highest BCUT2D eigenvalue weighted by Gasteiger charge is 2.72. The molecule has 0 radical (unpaired) electrons. The van der Waals surface area contributed by atoms with Gasteiger partial charge in [0.2, 0.25) is 0 Å².